The van der Waals surface area contributed by atoms with E-state index in [1.807, 2.05) is 6.92 Å². The van der Waals surface area contributed by atoms with Crippen LogP contribution >= 0.6 is 11.3 Å². The highest BCUT2D eigenvalue weighted by atomic mass is 32.1. The van der Waals surface area contributed by atoms with Crippen molar-refractivity contribution in [3.05, 3.63) is 57.0 Å². The fourth-order valence-corrected chi connectivity index (χ4v) is 4.22. The van der Waals surface area contributed by atoms with E-state index in [-0.39, 0.29) is 30.0 Å². The third-order valence-electron chi connectivity index (χ3n) is 5.07. The van der Waals surface area contributed by atoms with Crippen LogP contribution in [0.2, 0.25) is 0 Å². The van der Waals surface area contributed by atoms with E-state index in [4.69, 9.17) is 14.2 Å². The molecule has 0 radical (unpaired) electrons. The van der Waals surface area contributed by atoms with E-state index in [9.17, 15) is 19.2 Å². The lowest BCUT2D eigenvalue weighted by atomic mass is 10.2. The number of thiophene rings is 1. The van der Waals surface area contributed by atoms with Gasteiger partial charge in [0.05, 0.1) is 30.5 Å². The summed E-state index contributed by atoms with van der Waals surface area (Å²) in [5.41, 5.74) is 0.880. The quantitative estimate of drug-likeness (QED) is 0.314. The molecule has 0 saturated heterocycles. The van der Waals surface area contributed by atoms with E-state index in [0.717, 1.165) is 24.2 Å². The van der Waals surface area contributed by atoms with Crippen molar-refractivity contribution < 1.29 is 28.6 Å². The number of unbranched alkanes of at least 4 members (excludes halogenated alkanes) is 1. The number of carbonyl (C=O) groups excluding carboxylic acids is 3. The normalized spacial score (nSPS) is 10.8. The van der Waals surface area contributed by atoms with E-state index in [1.165, 1.54) is 18.0 Å². The summed E-state index contributed by atoms with van der Waals surface area (Å²) in [6, 6.07) is 6.29. The molecule has 2 aromatic heterocycles. The van der Waals surface area contributed by atoms with Gasteiger partial charge in [-0.2, -0.15) is 0 Å². The first kappa shape index (κ1) is 26.0. The highest BCUT2D eigenvalue weighted by Crippen LogP contribution is 2.27. The maximum Gasteiger partial charge on any atom is 0.348 e. The smallest absolute Gasteiger partial charge is 0.348 e. The Morgan fingerprint density at radius 3 is 2.46 bits per heavy atom. The van der Waals surface area contributed by atoms with Gasteiger partial charge in [0, 0.05) is 12.8 Å². The Morgan fingerprint density at radius 2 is 1.77 bits per heavy atom. The molecule has 0 atom stereocenters. The molecule has 2 heterocycles. The van der Waals surface area contributed by atoms with Crippen molar-refractivity contribution in [2.45, 2.75) is 33.2 Å². The minimum atomic E-state index is -0.552. The van der Waals surface area contributed by atoms with Crippen LogP contribution in [-0.2, 0) is 25.5 Å². The molecule has 11 heteroatoms. The second-order valence-corrected chi connectivity index (χ2v) is 8.66. The predicted octanol–water partition coefficient (Wildman–Crippen LogP) is 3.17. The summed E-state index contributed by atoms with van der Waals surface area (Å²) < 4.78 is 16.4. The lowest BCUT2D eigenvalue weighted by molar-refractivity contribution is -0.116. The Morgan fingerprint density at radius 1 is 1.06 bits per heavy atom. The summed E-state index contributed by atoms with van der Waals surface area (Å²) in [4.78, 5) is 54.8. The predicted molar refractivity (Wildman–Crippen MR) is 131 cm³/mol. The topological polar surface area (TPSA) is 126 Å². The maximum atomic E-state index is 13.0. The number of ether oxygens (including phenoxy) is 3. The first-order chi connectivity index (χ1) is 16.8. The summed E-state index contributed by atoms with van der Waals surface area (Å²) in [6.45, 7) is 4.11. The Hall–Kier alpha value is -3.57. The third-order valence-corrected chi connectivity index (χ3v) is 6.25. The van der Waals surface area contributed by atoms with Gasteiger partial charge < -0.3 is 19.5 Å². The molecule has 0 aliphatic carbocycles. The molecule has 0 bridgehead atoms. The molecule has 1 amide bonds. The van der Waals surface area contributed by atoms with Crippen molar-refractivity contribution in [2.75, 3.05) is 32.2 Å². The molecule has 35 heavy (non-hydrogen) atoms. The van der Waals surface area contributed by atoms with Gasteiger partial charge in [-0.1, -0.05) is 13.3 Å². The molecule has 3 rings (SSSR count). The SMILES string of the molecule is CCCCOC(=O)c1ccc(NC(=O)Cn2cnc3sc(C(=O)OCCOC)c(C)c3c2=O)cc1. The van der Waals surface area contributed by atoms with Crippen LogP contribution in [0.3, 0.4) is 0 Å². The highest BCUT2D eigenvalue weighted by Gasteiger charge is 2.21. The monoisotopic (exact) mass is 501 g/mol. The lowest BCUT2D eigenvalue weighted by Gasteiger charge is -2.08. The number of benzene rings is 1. The fourth-order valence-electron chi connectivity index (χ4n) is 3.19. The minimum absolute atomic E-state index is 0.0991. The Kier molecular flexibility index (Phi) is 9.10. The molecule has 0 aliphatic rings. The van der Waals surface area contributed by atoms with Crippen LogP contribution < -0.4 is 10.9 Å². The van der Waals surface area contributed by atoms with Gasteiger partial charge >= 0.3 is 11.9 Å². The number of methoxy groups -OCH3 is 1. The van der Waals surface area contributed by atoms with Gasteiger partial charge in [-0.15, -0.1) is 11.3 Å². The van der Waals surface area contributed by atoms with Crippen molar-refractivity contribution in [2.24, 2.45) is 0 Å². The minimum Gasteiger partial charge on any atom is -0.462 e. The van der Waals surface area contributed by atoms with Gasteiger partial charge in [0.25, 0.3) is 5.56 Å². The van der Waals surface area contributed by atoms with Crippen molar-refractivity contribution in [1.82, 2.24) is 9.55 Å². The van der Waals surface area contributed by atoms with E-state index >= 15 is 0 Å². The molecule has 0 aliphatic heterocycles. The van der Waals surface area contributed by atoms with Crippen molar-refractivity contribution >= 4 is 45.1 Å². The molecular formula is C24H27N3O7S. The van der Waals surface area contributed by atoms with Crippen molar-refractivity contribution in [1.29, 1.82) is 0 Å². The summed E-state index contributed by atoms with van der Waals surface area (Å²) in [6.07, 6.45) is 3.00. The van der Waals surface area contributed by atoms with E-state index < -0.39 is 23.4 Å². The maximum absolute atomic E-state index is 13.0. The Bertz CT molecular complexity index is 1260. The lowest BCUT2D eigenvalue weighted by Crippen LogP contribution is -2.28. The molecule has 0 unspecified atom stereocenters. The molecule has 0 saturated carbocycles. The number of amides is 1. The molecule has 0 fully saturated rings. The van der Waals surface area contributed by atoms with Gasteiger partial charge in [-0.05, 0) is 43.2 Å². The molecule has 1 aromatic carbocycles. The van der Waals surface area contributed by atoms with E-state index in [0.29, 0.717) is 28.3 Å². The average Bonchev–Trinajstić information content (AvgIpc) is 3.18. The van der Waals surface area contributed by atoms with Crippen LogP contribution in [0.25, 0.3) is 10.2 Å². The third kappa shape index (κ3) is 6.52. The van der Waals surface area contributed by atoms with Gasteiger partial charge in [0.1, 0.15) is 22.9 Å². The number of esters is 2. The number of carbonyl (C=O) groups is 3. The number of fused-ring (bicyclic) bond motifs is 1. The molecular weight excluding hydrogens is 474 g/mol. The summed E-state index contributed by atoms with van der Waals surface area (Å²) >= 11 is 1.07. The first-order valence-corrected chi connectivity index (χ1v) is 11.9. The fraction of sp³-hybridized carbons (Fsp3) is 0.375. The summed E-state index contributed by atoms with van der Waals surface area (Å²) in [5.74, 6) is -1.42. The number of aromatic nitrogens is 2. The zero-order valence-corrected chi connectivity index (χ0v) is 20.6. The summed E-state index contributed by atoms with van der Waals surface area (Å²) in [5, 5.41) is 2.96. The Balaban J connectivity index is 1.68. The van der Waals surface area contributed by atoms with E-state index in [2.05, 4.69) is 10.3 Å². The molecule has 10 nitrogen and oxygen atoms in total. The molecule has 3 aromatic rings. The van der Waals surface area contributed by atoms with Gasteiger partial charge in [-0.3, -0.25) is 14.2 Å². The molecule has 1 N–H and O–H groups in total. The van der Waals surface area contributed by atoms with Crippen molar-refractivity contribution in [3.63, 3.8) is 0 Å². The van der Waals surface area contributed by atoms with E-state index in [1.54, 1.807) is 31.2 Å². The zero-order chi connectivity index (χ0) is 25.4. The van der Waals surface area contributed by atoms with Crippen molar-refractivity contribution in [3.8, 4) is 0 Å². The number of anilines is 1. The standard InChI is InChI=1S/C24H27N3O7S/c1-4-5-10-33-23(30)16-6-8-17(9-7-16)26-18(28)13-27-14-25-21-19(22(27)29)15(2)20(35-21)24(31)34-12-11-32-3/h6-9,14H,4-5,10-13H2,1-3H3,(H,26,28). The number of nitrogens with one attached hydrogen (secondary N) is 1. The first-order valence-electron chi connectivity index (χ1n) is 11.1. The number of nitrogens with zero attached hydrogens (tertiary/aromatic N) is 2. The zero-order valence-electron chi connectivity index (χ0n) is 19.8. The molecule has 0 spiro atoms. The number of aryl methyl sites for hydroxylation is 1. The van der Waals surface area contributed by atoms with Gasteiger partial charge in [-0.25, -0.2) is 14.6 Å². The number of hydrogen-bond donors (Lipinski definition) is 1. The molecule has 186 valence electrons. The number of rotatable bonds is 11. The second-order valence-electron chi connectivity index (χ2n) is 7.66. The van der Waals surface area contributed by atoms with Crippen LogP contribution in [0, 0.1) is 6.92 Å². The van der Waals surface area contributed by atoms with Crippen LogP contribution in [-0.4, -0.2) is 54.3 Å². The van der Waals surface area contributed by atoms with Gasteiger partial charge in [0.15, 0.2) is 0 Å². The number of hydrogen-bond acceptors (Lipinski definition) is 9. The average molecular weight is 502 g/mol. The van der Waals surface area contributed by atoms with Crippen LogP contribution in [0.1, 0.15) is 45.4 Å². The Labute approximate surface area is 205 Å². The van der Waals surface area contributed by atoms with Crippen LogP contribution in [0.5, 0.6) is 0 Å². The van der Waals surface area contributed by atoms with Crippen LogP contribution in [0.4, 0.5) is 5.69 Å². The van der Waals surface area contributed by atoms with Gasteiger partial charge in [0.2, 0.25) is 5.91 Å². The highest BCUT2D eigenvalue weighted by molar-refractivity contribution is 7.20. The second kappa shape index (κ2) is 12.2. The van der Waals surface area contributed by atoms with Crippen LogP contribution in [0.15, 0.2) is 35.4 Å². The largest absolute Gasteiger partial charge is 0.462 e. The summed E-state index contributed by atoms with van der Waals surface area (Å²) in [7, 11) is 1.50.